The van der Waals surface area contributed by atoms with Gasteiger partial charge in [-0.05, 0) is 51.4 Å². The Labute approximate surface area is 156 Å². The van der Waals surface area contributed by atoms with E-state index < -0.39 is 0 Å². The maximum absolute atomic E-state index is 13.0. The van der Waals surface area contributed by atoms with Crippen LogP contribution < -0.4 is 0 Å². The number of aryl methyl sites for hydroxylation is 2. The first-order valence-electron chi connectivity index (χ1n) is 9.61. The minimum atomic E-state index is 0.116. The molecule has 0 saturated carbocycles. The first-order chi connectivity index (χ1) is 12.5. The summed E-state index contributed by atoms with van der Waals surface area (Å²) < 4.78 is 2.22. The van der Waals surface area contributed by atoms with Gasteiger partial charge in [-0.1, -0.05) is 19.1 Å². The molecule has 2 heterocycles. The van der Waals surface area contributed by atoms with Gasteiger partial charge in [0.1, 0.15) is 0 Å². The van der Waals surface area contributed by atoms with Gasteiger partial charge in [0.15, 0.2) is 0 Å². The molecule has 0 N–H and O–H groups in total. The number of hydrogen-bond acceptors (Lipinski definition) is 3. The van der Waals surface area contributed by atoms with Gasteiger partial charge in [-0.15, -0.1) is 0 Å². The van der Waals surface area contributed by atoms with E-state index in [-0.39, 0.29) is 5.91 Å². The van der Waals surface area contributed by atoms with Crippen LogP contribution in [0.5, 0.6) is 0 Å². The maximum atomic E-state index is 13.0. The molecule has 1 aromatic carbocycles. The molecule has 2 aromatic rings. The average molecular weight is 354 g/mol. The Kier molecular flexibility index (Phi) is 5.77. The van der Waals surface area contributed by atoms with E-state index >= 15 is 0 Å². The standard InChI is InChI=1S/C21H30N4O/c1-5-17-7-9-18(10-8-17)21(26)24-11-6-12-25-15-22-19(20(25)14-24)13-23(4)16(2)3/h7-10,15-16H,5-6,11-14H2,1-4H3. The summed E-state index contributed by atoms with van der Waals surface area (Å²) in [5.74, 6) is 0.116. The van der Waals surface area contributed by atoms with Gasteiger partial charge in [-0.25, -0.2) is 4.98 Å². The molecule has 0 atom stereocenters. The fraction of sp³-hybridized carbons (Fsp3) is 0.524. The summed E-state index contributed by atoms with van der Waals surface area (Å²) in [5, 5.41) is 0. The van der Waals surface area contributed by atoms with Crippen molar-refractivity contribution in [3.8, 4) is 0 Å². The molecule has 26 heavy (non-hydrogen) atoms. The summed E-state index contributed by atoms with van der Waals surface area (Å²) in [6, 6.07) is 8.48. The number of fused-ring (bicyclic) bond motifs is 1. The second-order valence-electron chi connectivity index (χ2n) is 7.47. The lowest BCUT2D eigenvalue weighted by Crippen LogP contribution is -2.32. The molecular weight excluding hydrogens is 324 g/mol. The van der Waals surface area contributed by atoms with Gasteiger partial charge in [0.05, 0.1) is 24.3 Å². The van der Waals surface area contributed by atoms with Gasteiger partial charge in [0.2, 0.25) is 0 Å². The van der Waals surface area contributed by atoms with Crippen molar-refractivity contribution < 1.29 is 4.79 Å². The molecule has 3 rings (SSSR count). The zero-order chi connectivity index (χ0) is 18.7. The SMILES string of the molecule is CCc1ccc(C(=O)N2CCCn3cnc(CN(C)C(C)C)c3C2)cc1. The smallest absolute Gasteiger partial charge is 0.254 e. The molecule has 0 spiro atoms. The molecule has 1 aliphatic heterocycles. The number of hydrogen-bond donors (Lipinski definition) is 0. The third kappa shape index (κ3) is 3.98. The van der Waals surface area contributed by atoms with E-state index in [0.717, 1.165) is 43.7 Å². The predicted molar refractivity (Wildman–Crippen MR) is 104 cm³/mol. The van der Waals surface area contributed by atoms with Gasteiger partial charge in [0, 0.05) is 31.2 Å². The summed E-state index contributed by atoms with van der Waals surface area (Å²) >= 11 is 0. The molecule has 5 nitrogen and oxygen atoms in total. The maximum Gasteiger partial charge on any atom is 0.254 e. The fourth-order valence-electron chi connectivity index (χ4n) is 3.31. The normalized spacial score (nSPS) is 14.6. The highest BCUT2D eigenvalue weighted by atomic mass is 16.2. The molecule has 0 fully saturated rings. The lowest BCUT2D eigenvalue weighted by Gasteiger charge is -2.23. The quantitative estimate of drug-likeness (QED) is 0.827. The van der Waals surface area contributed by atoms with Crippen LogP contribution in [0.1, 0.15) is 54.5 Å². The van der Waals surface area contributed by atoms with E-state index in [0.29, 0.717) is 12.6 Å². The molecule has 1 aliphatic rings. The molecule has 0 aliphatic carbocycles. The van der Waals surface area contributed by atoms with Crippen molar-refractivity contribution in [1.29, 1.82) is 0 Å². The van der Waals surface area contributed by atoms with Crippen LogP contribution in [0.25, 0.3) is 0 Å². The number of amides is 1. The second kappa shape index (κ2) is 8.04. The van der Waals surface area contributed by atoms with Gasteiger partial charge in [-0.3, -0.25) is 9.69 Å². The largest absolute Gasteiger partial charge is 0.333 e. The zero-order valence-corrected chi connectivity index (χ0v) is 16.4. The minimum Gasteiger partial charge on any atom is -0.333 e. The Bertz CT molecular complexity index is 748. The monoisotopic (exact) mass is 354 g/mol. The molecule has 140 valence electrons. The number of nitrogens with zero attached hydrogens (tertiary/aromatic N) is 4. The predicted octanol–water partition coefficient (Wildman–Crippen LogP) is 3.33. The highest BCUT2D eigenvalue weighted by molar-refractivity contribution is 5.94. The van der Waals surface area contributed by atoms with Gasteiger partial charge in [0.25, 0.3) is 5.91 Å². The Morgan fingerprint density at radius 3 is 2.62 bits per heavy atom. The minimum absolute atomic E-state index is 0.116. The van der Waals surface area contributed by atoms with E-state index in [9.17, 15) is 4.79 Å². The van der Waals surface area contributed by atoms with Crippen molar-refractivity contribution in [3.05, 3.63) is 53.1 Å². The molecule has 0 unspecified atom stereocenters. The molecule has 0 radical (unpaired) electrons. The van der Waals surface area contributed by atoms with Gasteiger partial charge in [-0.2, -0.15) is 0 Å². The highest BCUT2D eigenvalue weighted by Gasteiger charge is 2.23. The van der Waals surface area contributed by atoms with Crippen LogP contribution >= 0.6 is 0 Å². The zero-order valence-electron chi connectivity index (χ0n) is 16.4. The van der Waals surface area contributed by atoms with Crippen molar-refractivity contribution in [2.75, 3.05) is 13.6 Å². The van der Waals surface area contributed by atoms with E-state index in [2.05, 4.69) is 54.4 Å². The number of carbonyl (C=O) groups is 1. The van der Waals surface area contributed by atoms with Crippen molar-refractivity contribution in [2.24, 2.45) is 0 Å². The van der Waals surface area contributed by atoms with Crippen molar-refractivity contribution in [2.45, 2.75) is 59.3 Å². The first kappa shape index (κ1) is 18.6. The summed E-state index contributed by atoms with van der Waals surface area (Å²) in [5.41, 5.74) is 4.29. The van der Waals surface area contributed by atoms with Gasteiger partial charge >= 0.3 is 0 Å². The van der Waals surface area contributed by atoms with E-state index in [4.69, 9.17) is 0 Å². The lowest BCUT2D eigenvalue weighted by molar-refractivity contribution is 0.0745. The fourth-order valence-corrected chi connectivity index (χ4v) is 3.31. The van der Waals surface area contributed by atoms with Crippen molar-refractivity contribution in [3.63, 3.8) is 0 Å². The summed E-state index contributed by atoms with van der Waals surface area (Å²) in [4.78, 5) is 21.9. The van der Waals surface area contributed by atoms with Crippen molar-refractivity contribution >= 4 is 5.91 Å². The van der Waals surface area contributed by atoms with Crippen LogP contribution in [0.2, 0.25) is 0 Å². The molecule has 1 amide bonds. The third-order valence-electron chi connectivity index (χ3n) is 5.38. The highest BCUT2D eigenvalue weighted by Crippen LogP contribution is 2.20. The number of benzene rings is 1. The molecule has 0 saturated heterocycles. The number of aromatic nitrogens is 2. The number of rotatable bonds is 5. The Morgan fingerprint density at radius 2 is 1.96 bits per heavy atom. The Hall–Kier alpha value is -2.14. The van der Waals surface area contributed by atoms with Crippen LogP contribution in [0.15, 0.2) is 30.6 Å². The van der Waals surface area contributed by atoms with Gasteiger partial charge < -0.3 is 9.47 Å². The van der Waals surface area contributed by atoms with Crippen LogP contribution in [-0.2, 0) is 26.1 Å². The van der Waals surface area contributed by atoms with E-state index in [1.807, 2.05) is 23.4 Å². The lowest BCUT2D eigenvalue weighted by atomic mass is 10.1. The summed E-state index contributed by atoms with van der Waals surface area (Å²) in [6.07, 6.45) is 3.88. The molecular formula is C21H30N4O. The Morgan fingerprint density at radius 1 is 1.23 bits per heavy atom. The summed E-state index contributed by atoms with van der Waals surface area (Å²) in [7, 11) is 2.12. The van der Waals surface area contributed by atoms with Crippen LogP contribution in [-0.4, -0.2) is 44.9 Å². The second-order valence-corrected chi connectivity index (χ2v) is 7.47. The van der Waals surface area contributed by atoms with E-state index in [1.54, 1.807) is 0 Å². The first-order valence-corrected chi connectivity index (χ1v) is 9.61. The van der Waals surface area contributed by atoms with Crippen LogP contribution in [0, 0.1) is 0 Å². The number of imidazole rings is 1. The van der Waals surface area contributed by atoms with Crippen LogP contribution in [0.3, 0.4) is 0 Å². The molecule has 1 aromatic heterocycles. The Balaban J connectivity index is 1.79. The topological polar surface area (TPSA) is 41.4 Å². The number of carbonyl (C=O) groups excluding carboxylic acids is 1. The van der Waals surface area contributed by atoms with E-state index in [1.165, 1.54) is 11.3 Å². The van der Waals surface area contributed by atoms with Crippen molar-refractivity contribution in [1.82, 2.24) is 19.4 Å². The summed E-state index contributed by atoms with van der Waals surface area (Å²) in [6.45, 7) is 9.65. The van der Waals surface area contributed by atoms with Crippen LogP contribution in [0.4, 0.5) is 0 Å². The molecule has 0 bridgehead atoms. The third-order valence-corrected chi connectivity index (χ3v) is 5.38. The average Bonchev–Trinajstić information content (AvgIpc) is 2.89. The molecule has 5 heteroatoms.